The molecule has 1 aromatic rings. The quantitative estimate of drug-likeness (QED) is 0.760. The lowest BCUT2D eigenvalue weighted by atomic mass is 9.90. The molecule has 0 bridgehead atoms. The molecule has 2 amide bonds. The molecule has 1 saturated heterocycles. The first-order chi connectivity index (χ1) is 11.8. The molecule has 0 unspecified atom stereocenters. The summed E-state index contributed by atoms with van der Waals surface area (Å²) >= 11 is 0. The van der Waals surface area contributed by atoms with Gasteiger partial charge in [-0.05, 0) is 43.2 Å². The van der Waals surface area contributed by atoms with Crippen molar-refractivity contribution in [3.63, 3.8) is 0 Å². The highest BCUT2D eigenvalue weighted by molar-refractivity contribution is 5.93. The van der Waals surface area contributed by atoms with Gasteiger partial charge in [0.1, 0.15) is 11.4 Å². The molecule has 0 aliphatic carbocycles. The van der Waals surface area contributed by atoms with Gasteiger partial charge in [-0.15, -0.1) is 0 Å². The Labute approximate surface area is 144 Å². The Morgan fingerprint density at radius 1 is 1.16 bits per heavy atom. The van der Waals surface area contributed by atoms with Gasteiger partial charge in [-0.1, -0.05) is 0 Å². The molecule has 1 fully saturated rings. The molecule has 0 atom stereocenters. The molecule has 4 N–H and O–H groups in total. The fourth-order valence-corrected chi connectivity index (χ4v) is 3.17. The molecule has 1 aliphatic rings. The van der Waals surface area contributed by atoms with E-state index < -0.39 is 28.9 Å². The van der Waals surface area contributed by atoms with Crippen LogP contribution in [0.2, 0.25) is 0 Å². The summed E-state index contributed by atoms with van der Waals surface area (Å²) in [6.45, 7) is 1.53. The maximum absolute atomic E-state index is 14.2. The van der Waals surface area contributed by atoms with Crippen molar-refractivity contribution in [1.82, 2.24) is 4.90 Å². The van der Waals surface area contributed by atoms with Crippen LogP contribution < -0.4 is 11.5 Å². The van der Waals surface area contributed by atoms with Crippen molar-refractivity contribution in [1.29, 1.82) is 0 Å². The standard InChI is InChI=1S/C17H22F3N3O2/c18-12-9-11(15(19)14(16(12)20)17(22)25)2-1-10-4-7-23(8-5-10)13(24)3-6-21/h9-10H,1-8,21H2,(H2,22,25). The lowest BCUT2D eigenvalue weighted by Gasteiger charge is -2.32. The fourth-order valence-electron chi connectivity index (χ4n) is 3.17. The zero-order valence-electron chi connectivity index (χ0n) is 13.9. The van der Waals surface area contributed by atoms with Crippen LogP contribution in [0.1, 0.15) is 41.6 Å². The van der Waals surface area contributed by atoms with Crippen molar-refractivity contribution >= 4 is 11.8 Å². The SMILES string of the molecule is NCCC(=O)N1CCC(CCc2cc(F)c(F)c(C(N)=O)c2F)CC1. The Morgan fingerprint density at radius 2 is 1.80 bits per heavy atom. The van der Waals surface area contributed by atoms with Gasteiger partial charge in [0.05, 0.1) is 0 Å². The molecule has 1 aliphatic heterocycles. The van der Waals surface area contributed by atoms with Crippen LogP contribution in [0.15, 0.2) is 6.07 Å². The van der Waals surface area contributed by atoms with Crippen molar-refractivity contribution in [2.75, 3.05) is 19.6 Å². The fraction of sp³-hybridized carbons (Fsp3) is 0.529. The zero-order chi connectivity index (χ0) is 18.6. The third kappa shape index (κ3) is 4.50. The summed E-state index contributed by atoms with van der Waals surface area (Å²) in [5, 5.41) is 0. The number of carbonyl (C=O) groups excluding carboxylic acids is 2. The normalized spacial score (nSPS) is 15.4. The minimum Gasteiger partial charge on any atom is -0.365 e. The lowest BCUT2D eigenvalue weighted by molar-refractivity contribution is -0.132. The largest absolute Gasteiger partial charge is 0.365 e. The minimum atomic E-state index is -1.56. The van der Waals surface area contributed by atoms with Crippen LogP contribution in [0.3, 0.4) is 0 Å². The molecule has 2 rings (SSSR count). The number of primary amides is 1. The third-order valence-corrected chi connectivity index (χ3v) is 4.63. The van der Waals surface area contributed by atoms with Crippen molar-refractivity contribution < 1.29 is 22.8 Å². The van der Waals surface area contributed by atoms with Crippen molar-refractivity contribution in [2.45, 2.75) is 32.1 Å². The summed E-state index contributed by atoms with van der Waals surface area (Å²) < 4.78 is 41.3. The predicted molar refractivity (Wildman–Crippen MR) is 86.1 cm³/mol. The number of amides is 2. The van der Waals surface area contributed by atoms with E-state index in [2.05, 4.69) is 0 Å². The molecule has 8 heteroatoms. The minimum absolute atomic E-state index is 0.0266. The van der Waals surface area contributed by atoms with Gasteiger partial charge in [0.2, 0.25) is 5.91 Å². The smallest absolute Gasteiger partial charge is 0.254 e. The summed E-state index contributed by atoms with van der Waals surface area (Å²) in [4.78, 5) is 24.7. The number of halogens is 3. The topological polar surface area (TPSA) is 89.4 Å². The van der Waals surface area contributed by atoms with Crippen molar-refractivity contribution in [3.8, 4) is 0 Å². The summed E-state index contributed by atoms with van der Waals surface area (Å²) in [7, 11) is 0. The number of hydrogen-bond acceptors (Lipinski definition) is 3. The molecule has 1 heterocycles. The van der Waals surface area contributed by atoms with Crippen LogP contribution in [0, 0.1) is 23.4 Å². The molecule has 0 aromatic heterocycles. The molecule has 5 nitrogen and oxygen atoms in total. The molecule has 0 saturated carbocycles. The summed E-state index contributed by atoms with van der Waals surface area (Å²) in [5.74, 6) is -5.00. The van der Waals surface area contributed by atoms with Gasteiger partial charge in [0, 0.05) is 26.1 Å². The number of hydrogen-bond donors (Lipinski definition) is 2. The molecule has 1 aromatic carbocycles. The van der Waals surface area contributed by atoms with Crippen molar-refractivity contribution in [2.24, 2.45) is 17.4 Å². The van der Waals surface area contributed by atoms with Gasteiger partial charge in [-0.3, -0.25) is 9.59 Å². The molecule has 0 spiro atoms. The number of nitrogens with two attached hydrogens (primary N) is 2. The Bertz CT molecular complexity index is 659. The van der Waals surface area contributed by atoms with Crippen LogP contribution in [0.25, 0.3) is 0 Å². The summed E-state index contributed by atoms with van der Waals surface area (Å²) in [5.41, 5.74) is 9.21. The molecular formula is C17H22F3N3O2. The third-order valence-electron chi connectivity index (χ3n) is 4.63. The van der Waals surface area contributed by atoms with Crippen LogP contribution >= 0.6 is 0 Å². The summed E-state index contributed by atoms with van der Waals surface area (Å²) in [6, 6.07) is 0.775. The Balaban J connectivity index is 1.97. The number of benzene rings is 1. The highest BCUT2D eigenvalue weighted by Gasteiger charge is 2.25. The molecule has 138 valence electrons. The highest BCUT2D eigenvalue weighted by Crippen LogP contribution is 2.26. The number of carbonyl (C=O) groups is 2. The average Bonchev–Trinajstić information content (AvgIpc) is 2.57. The van der Waals surface area contributed by atoms with Gasteiger partial charge in [-0.2, -0.15) is 0 Å². The average molecular weight is 357 g/mol. The van der Waals surface area contributed by atoms with Gasteiger partial charge in [0.15, 0.2) is 11.6 Å². The van der Waals surface area contributed by atoms with Gasteiger partial charge >= 0.3 is 0 Å². The van der Waals surface area contributed by atoms with Crippen LogP contribution in [-0.2, 0) is 11.2 Å². The number of piperidine rings is 1. The molecule has 25 heavy (non-hydrogen) atoms. The number of likely N-dealkylation sites (tertiary alicyclic amines) is 1. The second kappa shape index (κ2) is 8.33. The monoisotopic (exact) mass is 357 g/mol. The lowest BCUT2D eigenvalue weighted by Crippen LogP contribution is -2.39. The molecular weight excluding hydrogens is 335 g/mol. The maximum Gasteiger partial charge on any atom is 0.254 e. The van der Waals surface area contributed by atoms with Gasteiger partial charge in [-0.25, -0.2) is 13.2 Å². The van der Waals surface area contributed by atoms with Gasteiger partial charge < -0.3 is 16.4 Å². The van der Waals surface area contributed by atoms with Gasteiger partial charge in [0.25, 0.3) is 5.91 Å². The van der Waals surface area contributed by atoms with Crippen molar-refractivity contribution in [3.05, 3.63) is 34.6 Å². The van der Waals surface area contributed by atoms with E-state index in [0.29, 0.717) is 32.5 Å². The Hall–Kier alpha value is -2.09. The second-order valence-corrected chi connectivity index (χ2v) is 6.29. The van der Waals surface area contributed by atoms with E-state index in [9.17, 15) is 22.8 Å². The zero-order valence-corrected chi connectivity index (χ0v) is 13.9. The first-order valence-corrected chi connectivity index (χ1v) is 8.29. The van der Waals surface area contributed by atoms with E-state index in [1.165, 1.54) is 0 Å². The second-order valence-electron chi connectivity index (χ2n) is 6.29. The first-order valence-electron chi connectivity index (χ1n) is 8.29. The Kier molecular flexibility index (Phi) is 6.41. The maximum atomic E-state index is 14.2. The van der Waals surface area contributed by atoms with E-state index in [1.807, 2.05) is 0 Å². The highest BCUT2D eigenvalue weighted by atomic mass is 19.2. The predicted octanol–water partition coefficient (Wildman–Crippen LogP) is 1.72. The van der Waals surface area contributed by atoms with E-state index in [1.54, 1.807) is 4.90 Å². The number of nitrogens with zero attached hydrogens (tertiary/aromatic N) is 1. The van der Waals surface area contributed by atoms with E-state index in [0.717, 1.165) is 18.9 Å². The number of aryl methyl sites for hydroxylation is 1. The Morgan fingerprint density at radius 3 is 2.36 bits per heavy atom. The van der Waals surface area contributed by atoms with Crippen LogP contribution in [-0.4, -0.2) is 36.3 Å². The van der Waals surface area contributed by atoms with E-state index in [-0.39, 0.29) is 23.8 Å². The molecule has 0 radical (unpaired) electrons. The number of rotatable bonds is 6. The van der Waals surface area contributed by atoms with Crippen LogP contribution in [0.5, 0.6) is 0 Å². The first kappa shape index (κ1) is 19.2. The van der Waals surface area contributed by atoms with Crippen LogP contribution in [0.4, 0.5) is 13.2 Å². The summed E-state index contributed by atoms with van der Waals surface area (Å²) in [6.07, 6.45) is 2.55. The van der Waals surface area contributed by atoms with E-state index >= 15 is 0 Å². The van der Waals surface area contributed by atoms with E-state index in [4.69, 9.17) is 11.5 Å².